The van der Waals surface area contributed by atoms with Crippen LogP contribution >= 0.6 is 11.3 Å². The molecule has 2 aliphatic heterocycles. The third-order valence-corrected chi connectivity index (χ3v) is 6.56. The molecule has 3 heterocycles. The normalized spacial score (nSPS) is 21.9. The van der Waals surface area contributed by atoms with E-state index in [-0.39, 0.29) is 0 Å². The van der Waals surface area contributed by atoms with Gasteiger partial charge in [-0.2, -0.15) is 0 Å². The number of hydrogen-bond donors (Lipinski definition) is 1. The van der Waals surface area contributed by atoms with Crippen LogP contribution in [0.1, 0.15) is 5.56 Å². The fourth-order valence-electron chi connectivity index (χ4n) is 4.29. The number of likely N-dealkylation sites (tertiary alicyclic amines) is 2. The second-order valence-corrected chi connectivity index (χ2v) is 8.59. The maximum Gasteiger partial charge on any atom is 0.407 e. The number of benzene rings is 2. The summed E-state index contributed by atoms with van der Waals surface area (Å²) in [4.78, 5) is 19.6. The van der Waals surface area contributed by atoms with E-state index in [4.69, 9.17) is 9.84 Å². The molecule has 2 saturated heterocycles. The summed E-state index contributed by atoms with van der Waals surface area (Å²) in [6, 6.07) is 16.2. The average molecular weight is 395 g/mol. The van der Waals surface area contributed by atoms with Gasteiger partial charge in [-0.3, -0.25) is 4.90 Å². The number of hydrogen-bond acceptors (Lipinski definition) is 5. The monoisotopic (exact) mass is 395 g/mol. The van der Waals surface area contributed by atoms with E-state index >= 15 is 0 Å². The zero-order chi connectivity index (χ0) is 19.1. The average Bonchev–Trinajstić information content (AvgIpc) is 3.35. The van der Waals surface area contributed by atoms with Crippen molar-refractivity contribution in [3.05, 3.63) is 54.1 Å². The highest BCUT2D eigenvalue weighted by Crippen LogP contribution is 2.33. The quantitative estimate of drug-likeness (QED) is 0.720. The summed E-state index contributed by atoms with van der Waals surface area (Å²) in [7, 11) is 0. The molecule has 0 spiro atoms. The van der Waals surface area contributed by atoms with E-state index in [0.717, 1.165) is 35.6 Å². The van der Waals surface area contributed by atoms with E-state index in [1.807, 2.05) is 36.4 Å². The van der Waals surface area contributed by atoms with Gasteiger partial charge < -0.3 is 14.7 Å². The van der Waals surface area contributed by atoms with Gasteiger partial charge in [0.25, 0.3) is 5.19 Å². The molecule has 0 saturated carbocycles. The van der Waals surface area contributed by atoms with Gasteiger partial charge in [0.1, 0.15) is 5.75 Å². The third-order valence-electron chi connectivity index (χ3n) is 5.64. The van der Waals surface area contributed by atoms with Crippen molar-refractivity contribution < 1.29 is 14.6 Å². The number of amides is 1. The number of ether oxygens (including phenoxy) is 1. The van der Waals surface area contributed by atoms with Gasteiger partial charge in [0.15, 0.2) is 0 Å². The molecule has 7 heteroatoms. The van der Waals surface area contributed by atoms with Gasteiger partial charge in [0, 0.05) is 32.7 Å². The summed E-state index contributed by atoms with van der Waals surface area (Å²) < 4.78 is 7.04. The zero-order valence-electron chi connectivity index (χ0n) is 15.3. The van der Waals surface area contributed by atoms with Gasteiger partial charge in [0.2, 0.25) is 0 Å². The van der Waals surface area contributed by atoms with Gasteiger partial charge in [-0.05, 0) is 41.7 Å². The van der Waals surface area contributed by atoms with Crippen molar-refractivity contribution in [1.82, 2.24) is 14.8 Å². The van der Waals surface area contributed by atoms with Crippen LogP contribution in [0.4, 0.5) is 4.79 Å². The number of thiazole rings is 1. The van der Waals surface area contributed by atoms with E-state index in [9.17, 15) is 4.79 Å². The van der Waals surface area contributed by atoms with Crippen LogP contribution in [0.2, 0.25) is 0 Å². The molecule has 28 heavy (non-hydrogen) atoms. The van der Waals surface area contributed by atoms with E-state index in [2.05, 4.69) is 22.0 Å². The van der Waals surface area contributed by atoms with Gasteiger partial charge in [-0.1, -0.05) is 35.6 Å². The number of aromatic nitrogens is 1. The molecular weight excluding hydrogens is 374 g/mol. The van der Waals surface area contributed by atoms with Crippen molar-refractivity contribution in [2.24, 2.45) is 11.8 Å². The predicted molar refractivity (Wildman–Crippen MR) is 108 cm³/mol. The molecule has 2 atom stereocenters. The topological polar surface area (TPSA) is 65.9 Å². The van der Waals surface area contributed by atoms with E-state index in [1.165, 1.54) is 5.56 Å². The zero-order valence-corrected chi connectivity index (χ0v) is 16.1. The van der Waals surface area contributed by atoms with Crippen molar-refractivity contribution in [3.63, 3.8) is 0 Å². The van der Waals surface area contributed by atoms with Crippen LogP contribution in [0, 0.1) is 11.8 Å². The number of carboxylic acid groups (broad SMARTS) is 1. The molecule has 0 bridgehead atoms. The molecule has 3 aromatic rings. The van der Waals surface area contributed by atoms with Crippen LogP contribution in [0.15, 0.2) is 48.5 Å². The Hall–Kier alpha value is -2.64. The molecule has 1 amide bonds. The SMILES string of the molecule is O=C(O)N1CC2CN(Cc3ccc(Oc4nc5ccccc5s4)cc3)CC2C1. The van der Waals surface area contributed by atoms with Crippen LogP contribution in [0.5, 0.6) is 10.9 Å². The molecule has 5 rings (SSSR count). The Morgan fingerprint density at radius 2 is 1.79 bits per heavy atom. The van der Waals surface area contributed by atoms with Gasteiger partial charge >= 0.3 is 6.09 Å². The number of fused-ring (bicyclic) bond motifs is 2. The Kier molecular flexibility index (Phi) is 4.41. The standard InChI is InChI=1S/C21H21N3O3S/c25-21(26)24-12-15-10-23(11-16(15)13-24)9-14-5-7-17(8-6-14)27-20-22-18-3-1-2-4-19(18)28-20/h1-8,15-16H,9-13H2,(H,25,26). The molecular formula is C21H21N3O3S. The first-order valence-corrected chi connectivity index (χ1v) is 10.3. The van der Waals surface area contributed by atoms with Crippen LogP contribution in [-0.2, 0) is 6.54 Å². The second-order valence-electron chi connectivity index (χ2n) is 7.60. The maximum atomic E-state index is 11.1. The van der Waals surface area contributed by atoms with Crippen LogP contribution in [0.25, 0.3) is 10.2 Å². The first-order valence-electron chi connectivity index (χ1n) is 9.46. The van der Waals surface area contributed by atoms with Crippen molar-refractivity contribution in [2.75, 3.05) is 26.2 Å². The first kappa shape index (κ1) is 17.5. The lowest BCUT2D eigenvalue weighted by molar-refractivity contribution is 0.148. The highest BCUT2D eigenvalue weighted by molar-refractivity contribution is 7.20. The molecule has 1 aromatic heterocycles. The molecule has 2 unspecified atom stereocenters. The summed E-state index contributed by atoms with van der Waals surface area (Å²) >= 11 is 1.55. The van der Waals surface area contributed by atoms with Crippen molar-refractivity contribution >= 4 is 27.6 Å². The van der Waals surface area contributed by atoms with E-state index in [1.54, 1.807) is 16.2 Å². The number of para-hydroxylation sites is 1. The van der Waals surface area contributed by atoms with Gasteiger partial charge in [0.05, 0.1) is 10.2 Å². The van der Waals surface area contributed by atoms with Crippen molar-refractivity contribution in [1.29, 1.82) is 0 Å². The molecule has 2 fully saturated rings. The molecule has 6 nitrogen and oxygen atoms in total. The second kappa shape index (κ2) is 7.07. The highest BCUT2D eigenvalue weighted by atomic mass is 32.1. The lowest BCUT2D eigenvalue weighted by atomic mass is 10.0. The number of carbonyl (C=O) groups is 1. The number of nitrogens with zero attached hydrogens (tertiary/aromatic N) is 3. The fraction of sp³-hybridized carbons (Fsp3) is 0.333. The van der Waals surface area contributed by atoms with Crippen molar-refractivity contribution in [3.8, 4) is 10.9 Å². The summed E-state index contributed by atoms with van der Waals surface area (Å²) in [5, 5.41) is 9.80. The molecule has 144 valence electrons. The molecule has 0 aliphatic carbocycles. The Morgan fingerprint density at radius 3 is 2.46 bits per heavy atom. The van der Waals surface area contributed by atoms with Crippen LogP contribution in [-0.4, -0.2) is 52.2 Å². The van der Waals surface area contributed by atoms with Crippen LogP contribution in [0.3, 0.4) is 0 Å². The minimum Gasteiger partial charge on any atom is -0.465 e. The summed E-state index contributed by atoms with van der Waals surface area (Å²) in [6.45, 7) is 4.18. The molecule has 2 aromatic carbocycles. The Labute approximate surface area is 167 Å². The minimum absolute atomic E-state index is 0.470. The lowest BCUT2D eigenvalue weighted by Crippen LogP contribution is -2.31. The number of rotatable bonds is 4. The molecule has 0 radical (unpaired) electrons. The molecule has 2 aliphatic rings. The smallest absolute Gasteiger partial charge is 0.407 e. The van der Waals surface area contributed by atoms with Crippen LogP contribution < -0.4 is 4.74 Å². The summed E-state index contributed by atoms with van der Waals surface area (Å²) in [6.07, 6.45) is -0.787. The van der Waals surface area contributed by atoms with E-state index < -0.39 is 6.09 Å². The minimum atomic E-state index is -0.787. The Balaban J connectivity index is 1.19. The summed E-state index contributed by atoms with van der Waals surface area (Å²) in [5.74, 6) is 1.73. The fourth-order valence-corrected chi connectivity index (χ4v) is 5.13. The van der Waals surface area contributed by atoms with Gasteiger partial charge in [-0.15, -0.1) is 0 Å². The third kappa shape index (κ3) is 3.43. The largest absolute Gasteiger partial charge is 0.465 e. The Morgan fingerprint density at radius 1 is 1.07 bits per heavy atom. The van der Waals surface area contributed by atoms with Crippen molar-refractivity contribution in [2.45, 2.75) is 6.54 Å². The maximum absolute atomic E-state index is 11.1. The van der Waals surface area contributed by atoms with Gasteiger partial charge in [-0.25, -0.2) is 9.78 Å². The summed E-state index contributed by atoms with van der Waals surface area (Å²) in [5.41, 5.74) is 2.20. The predicted octanol–water partition coefficient (Wildman–Crippen LogP) is 4.13. The first-order chi connectivity index (χ1) is 13.6. The lowest BCUT2D eigenvalue weighted by Gasteiger charge is -2.19. The van der Waals surface area contributed by atoms with E-state index in [0.29, 0.717) is 30.1 Å². The highest BCUT2D eigenvalue weighted by Gasteiger charge is 2.41. The Bertz CT molecular complexity index is 957. The molecule has 1 N–H and O–H groups in total.